The molecule has 2 heterocycles. The molecule has 2 aromatic heterocycles. The Morgan fingerprint density at radius 2 is 1.96 bits per heavy atom. The van der Waals surface area contributed by atoms with Gasteiger partial charge >= 0.3 is 0 Å². The van der Waals surface area contributed by atoms with Crippen molar-refractivity contribution in [1.29, 1.82) is 0 Å². The van der Waals surface area contributed by atoms with Gasteiger partial charge in [-0.3, -0.25) is 4.79 Å². The number of ether oxygens (including phenoxy) is 1. The van der Waals surface area contributed by atoms with Gasteiger partial charge in [-0.05, 0) is 26.8 Å². The van der Waals surface area contributed by atoms with Gasteiger partial charge in [0.1, 0.15) is 0 Å². The fraction of sp³-hybridized carbons (Fsp3) is 0.350. The third kappa shape index (κ3) is 3.60. The Morgan fingerprint density at radius 3 is 2.62 bits per heavy atom. The zero-order valence-corrected chi connectivity index (χ0v) is 15.6. The number of carbonyl (C=O) groups is 1. The maximum atomic E-state index is 12.9. The predicted molar refractivity (Wildman–Crippen MR) is 102 cm³/mol. The maximum Gasteiger partial charge on any atom is 0.252 e. The summed E-state index contributed by atoms with van der Waals surface area (Å²) in [6.45, 7) is 6.46. The van der Waals surface area contributed by atoms with Gasteiger partial charge in [0, 0.05) is 24.8 Å². The van der Waals surface area contributed by atoms with Crippen molar-refractivity contribution in [2.45, 2.75) is 32.9 Å². The van der Waals surface area contributed by atoms with E-state index in [2.05, 4.69) is 10.4 Å². The van der Waals surface area contributed by atoms with Crippen molar-refractivity contribution in [3.8, 4) is 11.3 Å². The molecule has 0 aliphatic heterocycles. The molecule has 3 rings (SSSR count). The lowest BCUT2D eigenvalue weighted by Gasteiger charge is -2.14. The van der Waals surface area contributed by atoms with Crippen molar-refractivity contribution in [3.63, 3.8) is 0 Å². The number of methoxy groups -OCH3 is 1. The quantitative estimate of drug-likeness (QED) is 0.738. The lowest BCUT2D eigenvalue weighted by Crippen LogP contribution is -2.35. The van der Waals surface area contributed by atoms with Crippen LogP contribution in [0.1, 0.15) is 37.2 Å². The summed E-state index contributed by atoms with van der Waals surface area (Å²) >= 11 is 0. The summed E-state index contributed by atoms with van der Waals surface area (Å²) in [6.07, 6.45) is 1.72. The molecule has 0 radical (unpaired) electrons. The smallest absolute Gasteiger partial charge is 0.252 e. The van der Waals surface area contributed by atoms with Crippen LogP contribution in [0.15, 0.2) is 42.6 Å². The van der Waals surface area contributed by atoms with E-state index in [0.717, 1.165) is 16.6 Å². The monoisotopic (exact) mass is 352 g/mol. The number of benzene rings is 1. The Morgan fingerprint density at radius 1 is 1.23 bits per heavy atom. The van der Waals surface area contributed by atoms with Gasteiger partial charge in [-0.25, -0.2) is 9.67 Å². The Hall–Kier alpha value is -2.73. The normalized spacial score (nSPS) is 12.5. The standard InChI is InChI=1S/C20H24N4O2/c1-13(2)24-19-17(11-21-24)16(20(25)22-14(3)12-26-4)10-18(23-19)15-8-6-5-7-9-15/h5-11,13-14H,12H2,1-4H3,(H,22,25)/t14-/m1/s1. The molecular formula is C20H24N4O2. The van der Waals surface area contributed by atoms with Crippen molar-refractivity contribution in [3.05, 3.63) is 48.2 Å². The fourth-order valence-electron chi connectivity index (χ4n) is 2.93. The van der Waals surface area contributed by atoms with Gasteiger partial charge in [0.05, 0.1) is 29.4 Å². The van der Waals surface area contributed by atoms with Gasteiger partial charge in [0.25, 0.3) is 5.91 Å². The molecule has 6 heteroatoms. The predicted octanol–water partition coefficient (Wildman–Crippen LogP) is 3.44. The highest BCUT2D eigenvalue weighted by atomic mass is 16.5. The van der Waals surface area contributed by atoms with Gasteiger partial charge in [0.15, 0.2) is 5.65 Å². The third-order valence-corrected chi connectivity index (χ3v) is 4.16. The molecule has 0 saturated carbocycles. The second kappa shape index (κ2) is 7.66. The maximum absolute atomic E-state index is 12.9. The minimum absolute atomic E-state index is 0.0870. The minimum Gasteiger partial charge on any atom is -0.383 e. The molecule has 1 atom stereocenters. The van der Waals surface area contributed by atoms with Gasteiger partial charge in [-0.15, -0.1) is 0 Å². The molecule has 0 bridgehead atoms. The Labute approximate surface area is 153 Å². The largest absolute Gasteiger partial charge is 0.383 e. The highest BCUT2D eigenvalue weighted by Gasteiger charge is 2.19. The fourth-order valence-corrected chi connectivity index (χ4v) is 2.93. The lowest BCUT2D eigenvalue weighted by atomic mass is 10.1. The average molecular weight is 352 g/mol. The minimum atomic E-state index is -0.151. The molecule has 0 aliphatic rings. The highest BCUT2D eigenvalue weighted by molar-refractivity contribution is 6.06. The van der Waals surface area contributed by atoms with E-state index in [-0.39, 0.29) is 18.0 Å². The van der Waals surface area contributed by atoms with Crippen LogP contribution in [0, 0.1) is 0 Å². The number of nitrogens with zero attached hydrogens (tertiary/aromatic N) is 3. The Bertz CT molecular complexity index is 903. The van der Waals surface area contributed by atoms with Gasteiger partial charge in [0.2, 0.25) is 0 Å². The van der Waals surface area contributed by atoms with E-state index < -0.39 is 0 Å². The highest BCUT2D eigenvalue weighted by Crippen LogP contribution is 2.26. The number of rotatable bonds is 6. The first-order valence-corrected chi connectivity index (χ1v) is 8.74. The molecule has 0 aliphatic carbocycles. The molecule has 3 aromatic rings. The van der Waals surface area contributed by atoms with Crippen molar-refractivity contribution in [2.75, 3.05) is 13.7 Å². The van der Waals surface area contributed by atoms with Crippen LogP contribution in [0.3, 0.4) is 0 Å². The van der Waals surface area contributed by atoms with Crippen LogP contribution in [0.2, 0.25) is 0 Å². The third-order valence-electron chi connectivity index (χ3n) is 4.16. The molecule has 1 N–H and O–H groups in total. The van der Waals surface area contributed by atoms with E-state index in [0.29, 0.717) is 17.8 Å². The second-order valence-corrected chi connectivity index (χ2v) is 6.67. The van der Waals surface area contributed by atoms with Gasteiger partial charge < -0.3 is 10.1 Å². The van der Waals surface area contributed by atoms with Crippen molar-refractivity contribution in [1.82, 2.24) is 20.1 Å². The van der Waals surface area contributed by atoms with Crippen LogP contribution < -0.4 is 5.32 Å². The van der Waals surface area contributed by atoms with Crippen LogP contribution in [-0.2, 0) is 4.74 Å². The summed E-state index contributed by atoms with van der Waals surface area (Å²) in [5.41, 5.74) is 3.00. The summed E-state index contributed by atoms with van der Waals surface area (Å²) < 4.78 is 6.96. The summed E-state index contributed by atoms with van der Waals surface area (Å²) in [6, 6.07) is 11.7. The molecule has 0 spiro atoms. The SMILES string of the molecule is COC[C@@H](C)NC(=O)c1cc(-c2ccccc2)nc2c1cnn2C(C)C. The van der Waals surface area contributed by atoms with E-state index >= 15 is 0 Å². The first kappa shape index (κ1) is 18.1. The summed E-state index contributed by atoms with van der Waals surface area (Å²) in [5.74, 6) is -0.151. The van der Waals surface area contributed by atoms with Gasteiger partial charge in [-0.1, -0.05) is 30.3 Å². The molecule has 0 unspecified atom stereocenters. The van der Waals surface area contributed by atoms with Crippen LogP contribution >= 0.6 is 0 Å². The summed E-state index contributed by atoms with van der Waals surface area (Å²) in [7, 11) is 1.62. The molecule has 1 amide bonds. The van der Waals surface area contributed by atoms with E-state index in [1.165, 1.54) is 0 Å². The van der Waals surface area contributed by atoms with Crippen molar-refractivity contribution < 1.29 is 9.53 Å². The van der Waals surface area contributed by atoms with Gasteiger partial charge in [-0.2, -0.15) is 5.10 Å². The van der Waals surface area contributed by atoms with Crippen LogP contribution in [0.25, 0.3) is 22.3 Å². The molecule has 26 heavy (non-hydrogen) atoms. The van der Waals surface area contributed by atoms with Crippen LogP contribution in [-0.4, -0.2) is 40.4 Å². The number of fused-ring (bicyclic) bond motifs is 1. The Balaban J connectivity index is 2.13. The van der Waals surface area contributed by atoms with Crippen molar-refractivity contribution >= 4 is 16.9 Å². The zero-order valence-electron chi connectivity index (χ0n) is 15.6. The number of amides is 1. The first-order valence-electron chi connectivity index (χ1n) is 8.74. The molecule has 0 fully saturated rings. The lowest BCUT2D eigenvalue weighted by molar-refractivity contribution is 0.0907. The van der Waals surface area contributed by atoms with E-state index in [9.17, 15) is 4.79 Å². The van der Waals surface area contributed by atoms with E-state index in [1.54, 1.807) is 13.3 Å². The zero-order chi connectivity index (χ0) is 18.7. The van der Waals surface area contributed by atoms with E-state index in [1.807, 2.05) is 61.9 Å². The van der Waals surface area contributed by atoms with Crippen LogP contribution in [0.5, 0.6) is 0 Å². The molecule has 0 saturated heterocycles. The van der Waals surface area contributed by atoms with E-state index in [4.69, 9.17) is 9.72 Å². The Kier molecular flexibility index (Phi) is 5.32. The topological polar surface area (TPSA) is 69.0 Å². The number of carbonyl (C=O) groups excluding carboxylic acids is 1. The number of nitrogens with one attached hydrogen (secondary N) is 1. The summed E-state index contributed by atoms with van der Waals surface area (Å²) in [4.78, 5) is 17.7. The number of hydrogen-bond acceptors (Lipinski definition) is 4. The molecule has 6 nitrogen and oxygen atoms in total. The number of aromatic nitrogens is 3. The molecule has 1 aromatic carbocycles. The number of pyridine rings is 1. The molecule has 136 valence electrons. The van der Waals surface area contributed by atoms with Crippen LogP contribution in [0.4, 0.5) is 0 Å². The average Bonchev–Trinajstić information content (AvgIpc) is 3.06. The summed E-state index contributed by atoms with van der Waals surface area (Å²) in [5, 5.41) is 8.17. The second-order valence-electron chi connectivity index (χ2n) is 6.67. The van der Waals surface area contributed by atoms with Crippen molar-refractivity contribution in [2.24, 2.45) is 0 Å². The number of hydrogen-bond donors (Lipinski definition) is 1. The first-order chi connectivity index (χ1) is 12.5. The molecular weight excluding hydrogens is 328 g/mol.